The second kappa shape index (κ2) is 6.58. The second-order valence-electron chi connectivity index (χ2n) is 5.30. The number of carbonyl (C=O) groups is 1. The molecule has 0 aliphatic heterocycles. The second-order valence-corrected chi connectivity index (χ2v) is 5.30. The third-order valence-corrected chi connectivity index (χ3v) is 3.80. The molecule has 0 amide bonds. The van der Waals surface area contributed by atoms with Gasteiger partial charge in [0.2, 0.25) is 0 Å². The van der Waals surface area contributed by atoms with E-state index in [0.29, 0.717) is 29.2 Å². The molecule has 0 aliphatic rings. The van der Waals surface area contributed by atoms with Crippen LogP contribution in [-0.2, 0) is 4.74 Å². The summed E-state index contributed by atoms with van der Waals surface area (Å²) in [6.45, 7) is 3.96. The molecule has 0 saturated carbocycles. The van der Waals surface area contributed by atoms with E-state index in [9.17, 15) is 9.90 Å². The maximum absolute atomic E-state index is 12.0. The summed E-state index contributed by atoms with van der Waals surface area (Å²) < 4.78 is 6.89. The van der Waals surface area contributed by atoms with Crippen molar-refractivity contribution in [2.75, 3.05) is 6.61 Å². The monoisotopic (exact) mass is 322 g/mol. The number of hydrogen-bond acceptors (Lipinski definition) is 4. The van der Waals surface area contributed by atoms with Gasteiger partial charge >= 0.3 is 5.97 Å². The van der Waals surface area contributed by atoms with E-state index in [1.54, 1.807) is 31.3 Å². The van der Waals surface area contributed by atoms with Gasteiger partial charge in [0, 0.05) is 17.5 Å². The topological polar surface area (TPSA) is 64.3 Å². The highest BCUT2D eigenvalue weighted by Gasteiger charge is 2.15. The van der Waals surface area contributed by atoms with Gasteiger partial charge in [-0.25, -0.2) is 9.78 Å². The van der Waals surface area contributed by atoms with Crippen molar-refractivity contribution in [2.45, 2.75) is 13.8 Å². The number of nitrogens with zero attached hydrogens (tertiary/aromatic N) is 2. The predicted octanol–water partition coefficient (Wildman–Crippen LogP) is 3.73. The van der Waals surface area contributed by atoms with Crippen LogP contribution in [0.25, 0.3) is 17.1 Å². The highest BCUT2D eigenvalue weighted by atomic mass is 16.5. The Labute approximate surface area is 140 Å². The van der Waals surface area contributed by atoms with Crippen LogP contribution in [0.2, 0.25) is 0 Å². The van der Waals surface area contributed by atoms with Gasteiger partial charge in [0.1, 0.15) is 11.6 Å². The summed E-state index contributed by atoms with van der Waals surface area (Å²) in [6.07, 6.45) is 1.79. The van der Waals surface area contributed by atoms with E-state index in [2.05, 4.69) is 4.98 Å². The number of aromatic nitrogens is 2. The summed E-state index contributed by atoms with van der Waals surface area (Å²) >= 11 is 0. The number of pyridine rings is 1. The fraction of sp³-hybridized carbons (Fsp3) is 0.158. The lowest BCUT2D eigenvalue weighted by molar-refractivity contribution is 0.0525. The molecule has 0 unspecified atom stereocenters. The Morgan fingerprint density at radius 3 is 2.71 bits per heavy atom. The van der Waals surface area contributed by atoms with Crippen molar-refractivity contribution in [2.24, 2.45) is 0 Å². The molecule has 3 rings (SSSR count). The van der Waals surface area contributed by atoms with Gasteiger partial charge in [-0.15, -0.1) is 0 Å². The Bertz CT molecular complexity index is 884. The summed E-state index contributed by atoms with van der Waals surface area (Å²) in [7, 11) is 0. The molecule has 1 aromatic carbocycles. The standard InChI is InChI=1S/C19H18N2O3/c1-3-24-19(23)14-11-12-21(13(14)2)18-10-6-8-16(20-18)15-7-4-5-9-17(15)22/h4-12,22H,3H2,1-2H3. The van der Waals surface area contributed by atoms with E-state index < -0.39 is 0 Å². The number of rotatable bonds is 4. The average molecular weight is 322 g/mol. The summed E-state index contributed by atoms with van der Waals surface area (Å²) in [4.78, 5) is 16.6. The van der Waals surface area contributed by atoms with Crippen molar-refractivity contribution in [1.82, 2.24) is 9.55 Å². The number of ether oxygens (including phenoxy) is 1. The first-order valence-corrected chi connectivity index (χ1v) is 7.72. The summed E-state index contributed by atoms with van der Waals surface area (Å²) in [5.41, 5.74) is 2.60. The number of phenolic OH excluding ortho intramolecular Hbond substituents is 1. The molecule has 5 heteroatoms. The molecule has 122 valence electrons. The highest BCUT2D eigenvalue weighted by Crippen LogP contribution is 2.28. The number of esters is 1. The van der Waals surface area contributed by atoms with Gasteiger partial charge in [-0.05, 0) is 44.2 Å². The van der Waals surface area contributed by atoms with Crippen LogP contribution in [0.5, 0.6) is 5.75 Å². The van der Waals surface area contributed by atoms with Crippen molar-refractivity contribution < 1.29 is 14.6 Å². The lowest BCUT2D eigenvalue weighted by Crippen LogP contribution is -2.07. The SMILES string of the molecule is CCOC(=O)c1ccn(-c2cccc(-c3ccccc3O)n2)c1C. The van der Waals surface area contributed by atoms with Gasteiger partial charge in [0.25, 0.3) is 0 Å². The first-order valence-electron chi connectivity index (χ1n) is 7.72. The first-order chi connectivity index (χ1) is 11.6. The minimum atomic E-state index is -0.342. The Morgan fingerprint density at radius 1 is 1.17 bits per heavy atom. The third kappa shape index (κ3) is 2.88. The molecular weight excluding hydrogens is 304 g/mol. The number of carbonyl (C=O) groups excluding carboxylic acids is 1. The number of phenols is 1. The van der Waals surface area contributed by atoms with Crippen molar-refractivity contribution >= 4 is 5.97 Å². The lowest BCUT2D eigenvalue weighted by Gasteiger charge is -2.09. The molecule has 0 atom stereocenters. The van der Waals surface area contributed by atoms with Gasteiger partial charge in [-0.2, -0.15) is 0 Å². The minimum Gasteiger partial charge on any atom is -0.507 e. The fourth-order valence-corrected chi connectivity index (χ4v) is 2.58. The zero-order valence-corrected chi connectivity index (χ0v) is 13.6. The van der Waals surface area contributed by atoms with Gasteiger partial charge in [0.05, 0.1) is 17.9 Å². The van der Waals surface area contributed by atoms with Crippen LogP contribution in [0.3, 0.4) is 0 Å². The van der Waals surface area contributed by atoms with Crippen molar-refractivity contribution in [3.05, 3.63) is 66.0 Å². The van der Waals surface area contributed by atoms with E-state index in [4.69, 9.17) is 4.74 Å². The molecule has 0 spiro atoms. The molecule has 0 saturated heterocycles. The van der Waals surface area contributed by atoms with Crippen molar-refractivity contribution in [3.8, 4) is 22.8 Å². The van der Waals surface area contributed by atoms with Crippen LogP contribution in [0, 0.1) is 6.92 Å². The quantitative estimate of drug-likeness (QED) is 0.743. The normalized spacial score (nSPS) is 10.6. The number of benzene rings is 1. The van der Waals surface area contributed by atoms with Gasteiger partial charge in [0.15, 0.2) is 0 Å². The van der Waals surface area contributed by atoms with Crippen LogP contribution in [0.4, 0.5) is 0 Å². The molecule has 5 nitrogen and oxygen atoms in total. The lowest BCUT2D eigenvalue weighted by atomic mass is 10.1. The fourth-order valence-electron chi connectivity index (χ4n) is 2.58. The Morgan fingerprint density at radius 2 is 1.96 bits per heavy atom. The largest absolute Gasteiger partial charge is 0.507 e. The Kier molecular flexibility index (Phi) is 4.33. The van der Waals surface area contributed by atoms with Crippen LogP contribution in [0.1, 0.15) is 23.0 Å². The maximum Gasteiger partial charge on any atom is 0.339 e. The molecule has 3 aromatic rings. The summed E-state index contributed by atoms with van der Waals surface area (Å²) in [5, 5.41) is 10.0. The minimum absolute atomic E-state index is 0.179. The van der Waals surface area contributed by atoms with E-state index in [0.717, 1.165) is 5.69 Å². The average Bonchev–Trinajstić information content (AvgIpc) is 2.97. The smallest absolute Gasteiger partial charge is 0.339 e. The maximum atomic E-state index is 12.0. The summed E-state index contributed by atoms with van der Waals surface area (Å²) in [5.74, 6) is 0.507. The molecular formula is C19H18N2O3. The molecule has 0 aliphatic carbocycles. The van der Waals surface area contributed by atoms with E-state index in [1.165, 1.54) is 0 Å². The molecule has 1 N–H and O–H groups in total. The number of hydrogen-bond donors (Lipinski definition) is 1. The van der Waals surface area contributed by atoms with Crippen LogP contribution in [0.15, 0.2) is 54.7 Å². The molecule has 0 fully saturated rings. The van der Waals surface area contributed by atoms with Crippen molar-refractivity contribution in [3.63, 3.8) is 0 Å². The molecule has 2 heterocycles. The zero-order valence-electron chi connectivity index (χ0n) is 13.6. The number of aromatic hydroxyl groups is 1. The van der Waals surface area contributed by atoms with Gasteiger partial charge < -0.3 is 14.4 Å². The first kappa shape index (κ1) is 15.8. The van der Waals surface area contributed by atoms with E-state index in [1.807, 2.05) is 41.8 Å². The van der Waals surface area contributed by atoms with Crippen LogP contribution in [-0.4, -0.2) is 27.2 Å². The van der Waals surface area contributed by atoms with Crippen LogP contribution >= 0.6 is 0 Å². The van der Waals surface area contributed by atoms with Crippen LogP contribution < -0.4 is 0 Å². The predicted molar refractivity (Wildman–Crippen MR) is 91.4 cm³/mol. The highest BCUT2D eigenvalue weighted by molar-refractivity contribution is 5.91. The van der Waals surface area contributed by atoms with E-state index in [-0.39, 0.29) is 11.7 Å². The molecule has 2 aromatic heterocycles. The van der Waals surface area contributed by atoms with E-state index >= 15 is 0 Å². The van der Waals surface area contributed by atoms with Gasteiger partial charge in [-0.3, -0.25) is 0 Å². The Balaban J connectivity index is 2.01. The molecule has 24 heavy (non-hydrogen) atoms. The van der Waals surface area contributed by atoms with Crippen molar-refractivity contribution in [1.29, 1.82) is 0 Å². The zero-order chi connectivity index (χ0) is 17.1. The number of para-hydroxylation sites is 1. The van der Waals surface area contributed by atoms with Gasteiger partial charge in [-0.1, -0.05) is 18.2 Å². The third-order valence-electron chi connectivity index (χ3n) is 3.80. The molecule has 0 bridgehead atoms. The summed E-state index contributed by atoms with van der Waals surface area (Å²) in [6, 6.07) is 14.3. The molecule has 0 radical (unpaired) electrons. The Hall–Kier alpha value is -3.08.